The van der Waals surface area contributed by atoms with E-state index in [4.69, 9.17) is 9.84 Å². The molecule has 9 heteroatoms. The number of aryl methyl sites for hydroxylation is 1. The van der Waals surface area contributed by atoms with E-state index in [2.05, 4.69) is 4.98 Å². The number of alkyl halides is 3. The van der Waals surface area contributed by atoms with Gasteiger partial charge in [0.25, 0.3) is 5.91 Å². The predicted octanol–water partition coefficient (Wildman–Crippen LogP) is 1.33. The van der Waals surface area contributed by atoms with Gasteiger partial charge in [-0.1, -0.05) is 0 Å². The SMILES string of the molecule is Cc1nc(C(F)(F)F)ccc1C(=O)N1CCOC[C@H]1C(=O)O. The average Bonchev–Trinajstić information content (AvgIpc) is 2.45. The van der Waals surface area contributed by atoms with Crippen molar-refractivity contribution in [3.05, 3.63) is 29.1 Å². The van der Waals surface area contributed by atoms with Gasteiger partial charge in [-0.25, -0.2) is 9.78 Å². The van der Waals surface area contributed by atoms with Crippen molar-refractivity contribution in [2.45, 2.75) is 19.1 Å². The van der Waals surface area contributed by atoms with Crippen LogP contribution in [0.1, 0.15) is 21.7 Å². The molecule has 0 aromatic carbocycles. The number of pyridine rings is 1. The number of amides is 1. The number of nitrogens with zero attached hydrogens (tertiary/aromatic N) is 2. The van der Waals surface area contributed by atoms with Crippen LogP contribution in [0.5, 0.6) is 0 Å². The quantitative estimate of drug-likeness (QED) is 0.890. The van der Waals surface area contributed by atoms with Crippen LogP contribution in [-0.4, -0.2) is 52.7 Å². The van der Waals surface area contributed by atoms with Crippen molar-refractivity contribution in [1.29, 1.82) is 0 Å². The second kappa shape index (κ2) is 5.91. The fourth-order valence-electron chi connectivity index (χ4n) is 2.15. The van der Waals surface area contributed by atoms with E-state index in [9.17, 15) is 22.8 Å². The third kappa shape index (κ3) is 3.19. The summed E-state index contributed by atoms with van der Waals surface area (Å²) in [5.41, 5.74) is -1.25. The van der Waals surface area contributed by atoms with Crippen LogP contribution < -0.4 is 0 Å². The van der Waals surface area contributed by atoms with Crippen molar-refractivity contribution in [2.75, 3.05) is 19.8 Å². The maximum Gasteiger partial charge on any atom is 0.433 e. The Morgan fingerprint density at radius 2 is 2.09 bits per heavy atom. The molecule has 1 aliphatic rings. The van der Waals surface area contributed by atoms with Crippen molar-refractivity contribution in [1.82, 2.24) is 9.88 Å². The highest BCUT2D eigenvalue weighted by Gasteiger charge is 2.36. The zero-order chi connectivity index (χ0) is 16.5. The van der Waals surface area contributed by atoms with E-state index in [0.29, 0.717) is 6.07 Å². The highest BCUT2D eigenvalue weighted by Crippen LogP contribution is 2.28. The first-order chi connectivity index (χ1) is 10.2. The molecule has 1 amide bonds. The van der Waals surface area contributed by atoms with Crippen LogP contribution in [0.3, 0.4) is 0 Å². The highest BCUT2D eigenvalue weighted by atomic mass is 19.4. The van der Waals surface area contributed by atoms with Crippen LogP contribution in [0.25, 0.3) is 0 Å². The Labute approximate surface area is 123 Å². The molecule has 0 unspecified atom stereocenters. The van der Waals surface area contributed by atoms with E-state index in [1.165, 1.54) is 6.92 Å². The molecule has 1 atom stereocenters. The lowest BCUT2D eigenvalue weighted by Crippen LogP contribution is -2.52. The Balaban J connectivity index is 2.31. The largest absolute Gasteiger partial charge is 0.480 e. The highest BCUT2D eigenvalue weighted by molar-refractivity contribution is 5.97. The number of carboxylic acid groups (broad SMARTS) is 1. The number of ether oxygens (including phenoxy) is 1. The number of aliphatic carboxylic acids is 1. The lowest BCUT2D eigenvalue weighted by Gasteiger charge is -2.33. The number of carbonyl (C=O) groups is 2. The minimum atomic E-state index is -4.60. The maximum atomic E-state index is 12.6. The fourth-order valence-corrected chi connectivity index (χ4v) is 2.15. The summed E-state index contributed by atoms with van der Waals surface area (Å²) in [6.45, 7) is 1.34. The number of morpholine rings is 1. The Bertz CT molecular complexity index is 603. The van der Waals surface area contributed by atoms with E-state index in [-0.39, 0.29) is 31.0 Å². The molecule has 0 radical (unpaired) electrons. The molecular weight excluding hydrogens is 305 g/mol. The number of carboxylic acids is 1. The number of halogens is 3. The van der Waals surface area contributed by atoms with Gasteiger partial charge in [-0.2, -0.15) is 13.2 Å². The van der Waals surface area contributed by atoms with Gasteiger partial charge in [0, 0.05) is 6.54 Å². The molecule has 22 heavy (non-hydrogen) atoms. The van der Waals surface area contributed by atoms with Crippen LogP contribution in [0.15, 0.2) is 12.1 Å². The molecule has 1 N–H and O–H groups in total. The van der Waals surface area contributed by atoms with Gasteiger partial charge in [0.05, 0.1) is 24.5 Å². The molecule has 2 heterocycles. The first kappa shape index (κ1) is 16.2. The van der Waals surface area contributed by atoms with Crippen LogP contribution in [0.2, 0.25) is 0 Å². The zero-order valence-electron chi connectivity index (χ0n) is 11.6. The van der Waals surface area contributed by atoms with Gasteiger partial charge in [-0.15, -0.1) is 0 Å². The summed E-state index contributed by atoms with van der Waals surface area (Å²) < 4.78 is 42.7. The summed E-state index contributed by atoms with van der Waals surface area (Å²) >= 11 is 0. The normalized spacial score (nSPS) is 19.1. The zero-order valence-corrected chi connectivity index (χ0v) is 11.6. The van der Waals surface area contributed by atoms with Gasteiger partial charge in [0.2, 0.25) is 0 Å². The second-order valence-corrected chi connectivity index (χ2v) is 4.75. The average molecular weight is 318 g/mol. The summed E-state index contributed by atoms with van der Waals surface area (Å²) in [6.07, 6.45) is -4.60. The first-order valence-electron chi connectivity index (χ1n) is 6.38. The number of rotatable bonds is 2. The topological polar surface area (TPSA) is 79.7 Å². The molecule has 1 fully saturated rings. The molecule has 6 nitrogen and oxygen atoms in total. The monoisotopic (exact) mass is 318 g/mol. The van der Waals surface area contributed by atoms with E-state index < -0.39 is 29.8 Å². The van der Waals surface area contributed by atoms with Crippen molar-refractivity contribution >= 4 is 11.9 Å². The molecule has 1 saturated heterocycles. The van der Waals surface area contributed by atoms with Crippen molar-refractivity contribution in [2.24, 2.45) is 0 Å². The summed E-state index contributed by atoms with van der Waals surface area (Å²) in [4.78, 5) is 28.0. The Kier molecular flexibility index (Phi) is 4.36. The molecule has 1 aromatic heterocycles. The van der Waals surface area contributed by atoms with Crippen LogP contribution in [0.4, 0.5) is 13.2 Å². The van der Waals surface area contributed by atoms with Gasteiger partial charge in [0.15, 0.2) is 6.04 Å². The first-order valence-corrected chi connectivity index (χ1v) is 6.38. The third-order valence-corrected chi connectivity index (χ3v) is 3.28. The molecule has 0 saturated carbocycles. The molecule has 1 aliphatic heterocycles. The summed E-state index contributed by atoms with van der Waals surface area (Å²) in [7, 11) is 0. The van der Waals surface area contributed by atoms with E-state index in [1.54, 1.807) is 0 Å². The van der Waals surface area contributed by atoms with Crippen molar-refractivity contribution in [3.8, 4) is 0 Å². The number of carbonyl (C=O) groups excluding carboxylic acids is 1. The lowest BCUT2D eigenvalue weighted by atomic mass is 10.1. The fraction of sp³-hybridized carbons (Fsp3) is 0.462. The Hall–Kier alpha value is -2.16. The van der Waals surface area contributed by atoms with Gasteiger partial charge in [-0.05, 0) is 19.1 Å². The maximum absolute atomic E-state index is 12.6. The van der Waals surface area contributed by atoms with E-state index in [1.807, 2.05) is 0 Å². The van der Waals surface area contributed by atoms with E-state index in [0.717, 1.165) is 11.0 Å². The minimum absolute atomic E-state index is 0.0518. The molecule has 1 aromatic rings. The molecule has 120 valence electrons. The van der Waals surface area contributed by atoms with Gasteiger partial charge >= 0.3 is 12.1 Å². The van der Waals surface area contributed by atoms with Crippen LogP contribution in [0, 0.1) is 6.92 Å². The smallest absolute Gasteiger partial charge is 0.433 e. The Morgan fingerprint density at radius 3 is 2.64 bits per heavy atom. The number of hydrogen-bond acceptors (Lipinski definition) is 4. The summed E-state index contributed by atoms with van der Waals surface area (Å²) in [5.74, 6) is -1.90. The molecule has 0 bridgehead atoms. The van der Waals surface area contributed by atoms with Gasteiger partial charge in [0.1, 0.15) is 5.69 Å². The molecule has 0 spiro atoms. The standard InChI is InChI=1S/C13H13F3N2O4/c1-7-8(2-3-10(17-7)13(14,15)16)11(19)18-4-5-22-6-9(18)12(20)21/h2-3,9H,4-6H2,1H3,(H,20,21)/t9-/m0/s1. The summed E-state index contributed by atoms with van der Waals surface area (Å²) in [6, 6.07) is 0.557. The van der Waals surface area contributed by atoms with Crippen molar-refractivity contribution < 1.29 is 32.6 Å². The van der Waals surface area contributed by atoms with Gasteiger partial charge < -0.3 is 14.7 Å². The molecule has 2 rings (SSSR count). The third-order valence-electron chi connectivity index (χ3n) is 3.28. The Morgan fingerprint density at radius 1 is 1.41 bits per heavy atom. The predicted molar refractivity (Wildman–Crippen MR) is 67.3 cm³/mol. The molecule has 0 aliphatic carbocycles. The minimum Gasteiger partial charge on any atom is -0.480 e. The van der Waals surface area contributed by atoms with E-state index >= 15 is 0 Å². The summed E-state index contributed by atoms with van der Waals surface area (Å²) in [5, 5.41) is 9.09. The van der Waals surface area contributed by atoms with Crippen molar-refractivity contribution in [3.63, 3.8) is 0 Å². The van der Waals surface area contributed by atoms with Gasteiger partial charge in [-0.3, -0.25) is 4.79 Å². The number of aromatic nitrogens is 1. The lowest BCUT2D eigenvalue weighted by molar-refractivity contribution is -0.147. The number of hydrogen-bond donors (Lipinski definition) is 1. The second-order valence-electron chi connectivity index (χ2n) is 4.75. The van der Waals surface area contributed by atoms with Crippen LogP contribution in [-0.2, 0) is 15.7 Å². The van der Waals surface area contributed by atoms with Crippen LogP contribution >= 0.6 is 0 Å². The molecular formula is C13H13F3N2O4.